The number of hydrogen-bond acceptors (Lipinski definition) is 6. The van der Waals surface area contributed by atoms with Crippen molar-refractivity contribution in [1.29, 1.82) is 5.26 Å². The first-order valence-corrected chi connectivity index (χ1v) is 7.52. The van der Waals surface area contributed by atoms with Crippen LogP contribution in [0.2, 0.25) is 0 Å². The fourth-order valence-electron chi connectivity index (χ4n) is 2.01. The number of rotatable bonds is 6. The van der Waals surface area contributed by atoms with Crippen molar-refractivity contribution in [1.82, 2.24) is 0 Å². The van der Waals surface area contributed by atoms with E-state index in [4.69, 9.17) is 14.2 Å². The first-order chi connectivity index (χ1) is 11.1. The number of carbonyl (C=O) groups is 1. The summed E-state index contributed by atoms with van der Waals surface area (Å²) in [6, 6.07) is 8.71. The molecule has 1 aromatic carbocycles. The van der Waals surface area contributed by atoms with Crippen molar-refractivity contribution in [3.63, 3.8) is 0 Å². The molecule has 2 rings (SSSR count). The largest absolute Gasteiger partial charge is 0.496 e. The Labute approximate surface area is 138 Å². The lowest BCUT2D eigenvalue weighted by Gasteiger charge is -2.12. The van der Waals surface area contributed by atoms with Gasteiger partial charge in [-0.2, -0.15) is 5.26 Å². The lowest BCUT2D eigenvalue weighted by Crippen LogP contribution is -2.00. The molecule has 0 aliphatic rings. The van der Waals surface area contributed by atoms with Crippen molar-refractivity contribution in [3.05, 3.63) is 45.7 Å². The van der Waals surface area contributed by atoms with Gasteiger partial charge in [0.25, 0.3) is 0 Å². The number of ether oxygens (including phenoxy) is 3. The minimum atomic E-state index is -0.320. The molecule has 23 heavy (non-hydrogen) atoms. The molecule has 0 fully saturated rings. The van der Waals surface area contributed by atoms with Gasteiger partial charge in [-0.15, -0.1) is 11.3 Å². The van der Waals surface area contributed by atoms with Crippen molar-refractivity contribution in [2.75, 3.05) is 21.3 Å². The van der Waals surface area contributed by atoms with Gasteiger partial charge in [0.15, 0.2) is 11.5 Å². The average Bonchev–Trinajstić information content (AvgIpc) is 3.12. The van der Waals surface area contributed by atoms with Gasteiger partial charge in [0.2, 0.25) is 5.78 Å². The summed E-state index contributed by atoms with van der Waals surface area (Å²) in [4.78, 5) is 12.9. The van der Waals surface area contributed by atoms with Crippen LogP contribution in [0.3, 0.4) is 0 Å². The molecule has 0 amide bonds. The Morgan fingerprint density at radius 1 is 1.13 bits per heavy atom. The highest BCUT2D eigenvalue weighted by atomic mass is 32.1. The van der Waals surface area contributed by atoms with Gasteiger partial charge in [-0.25, -0.2) is 0 Å². The molecule has 0 aliphatic carbocycles. The molecular weight excluding hydrogens is 314 g/mol. The smallest absolute Gasteiger partial charge is 0.213 e. The first kappa shape index (κ1) is 16.6. The third kappa shape index (κ3) is 3.52. The Kier molecular flexibility index (Phi) is 5.39. The van der Waals surface area contributed by atoms with Gasteiger partial charge in [-0.1, -0.05) is 6.07 Å². The molecule has 1 aromatic heterocycles. The minimum Gasteiger partial charge on any atom is -0.496 e. The number of benzene rings is 1. The van der Waals surface area contributed by atoms with Crippen molar-refractivity contribution in [2.24, 2.45) is 0 Å². The SMILES string of the molecule is COc1cc(OC)c(OC)cc1/C=C(\C#N)C(=O)c1cccs1. The third-order valence-electron chi connectivity index (χ3n) is 3.15. The van der Waals surface area contributed by atoms with Crippen LogP contribution in [0.1, 0.15) is 15.2 Å². The van der Waals surface area contributed by atoms with Crippen LogP contribution in [0.25, 0.3) is 6.08 Å². The van der Waals surface area contributed by atoms with E-state index in [1.807, 2.05) is 6.07 Å². The molecule has 1 heterocycles. The molecule has 0 unspecified atom stereocenters. The van der Waals surface area contributed by atoms with E-state index in [0.29, 0.717) is 27.7 Å². The Morgan fingerprint density at radius 3 is 2.30 bits per heavy atom. The molecular formula is C17H15NO4S. The zero-order chi connectivity index (χ0) is 16.8. The van der Waals surface area contributed by atoms with Gasteiger partial charge in [0, 0.05) is 11.6 Å². The number of hydrogen-bond donors (Lipinski definition) is 0. The lowest BCUT2D eigenvalue weighted by atomic mass is 10.1. The molecule has 0 radical (unpaired) electrons. The standard InChI is InChI=1S/C17H15NO4S/c1-20-13-9-15(22-3)14(21-2)8-11(13)7-12(10-18)17(19)16-5-4-6-23-16/h4-9H,1-3H3/b12-7+. The topological polar surface area (TPSA) is 68.6 Å². The highest BCUT2D eigenvalue weighted by Gasteiger charge is 2.16. The highest BCUT2D eigenvalue weighted by Crippen LogP contribution is 2.35. The van der Waals surface area contributed by atoms with Gasteiger partial charge in [0.1, 0.15) is 17.4 Å². The average molecular weight is 329 g/mol. The second-order valence-corrected chi connectivity index (χ2v) is 5.37. The molecule has 0 saturated carbocycles. The number of nitrogens with zero attached hydrogens (tertiary/aromatic N) is 1. The van der Waals surface area contributed by atoms with E-state index in [1.165, 1.54) is 38.7 Å². The van der Waals surface area contributed by atoms with Crippen LogP contribution >= 0.6 is 11.3 Å². The lowest BCUT2D eigenvalue weighted by molar-refractivity contribution is 0.104. The molecule has 118 valence electrons. The van der Waals surface area contributed by atoms with Crippen molar-refractivity contribution in [2.45, 2.75) is 0 Å². The molecule has 0 bridgehead atoms. The predicted octanol–water partition coefficient (Wildman–Crippen LogP) is 3.56. The molecule has 0 aliphatic heterocycles. The zero-order valence-corrected chi connectivity index (χ0v) is 13.8. The zero-order valence-electron chi connectivity index (χ0n) is 13.0. The van der Waals surface area contributed by atoms with E-state index in [0.717, 1.165) is 0 Å². The van der Waals surface area contributed by atoms with Gasteiger partial charge in [-0.05, 0) is 23.6 Å². The Balaban J connectivity index is 2.51. The second kappa shape index (κ2) is 7.47. The van der Waals surface area contributed by atoms with Crippen LogP contribution in [0.4, 0.5) is 0 Å². The Morgan fingerprint density at radius 2 is 1.78 bits per heavy atom. The van der Waals surface area contributed by atoms with Crippen LogP contribution in [0, 0.1) is 11.3 Å². The minimum absolute atomic E-state index is 0.0259. The molecule has 0 saturated heterocycles. The molecule has 0 atom stereocenters. The third-order valence-corrected chi connectivity index (χ3v) is 4.01. The Bertz CT molecular complexity index is 773. The number of thiophene rings is 1. The van der Waals surface area contributed by atoms with Gasteiger partial charge in [0.05, 0.1) is 26.2 Å². The van der Waals surface area contributed by atoms with E-state index in [1.54, 1.807) is 29.6 Å². The molecule has 6 heteroatoms. The number of methoxy groups -OCH3 is 3. The molecule has 0 spiro atoms. The van der Waals surface area contributed by atoms with Crippen LogP contribution in [-0.2, 0) is 0 Å². The molecule has 2 aromatic rings. The van der Waals surface area contributed by atoms with E-state index >= 15 is 0 Å². The monoisotopic (exact) mass is 329 g/mol. The quantitative estimate of drug-likeness (QED) is 0.460. The van der Waals surface area contributed by atoms with E-state index in [9.17, 15) is 10.1 Å². The summed E-state index contributed by atoms with van der Waals surface area (Å²) >= 11 is 1.29. The van der Waals surface area contributed by atoms with E-state index < -0.39 is 0 Å². The summed E-state index contributed by atoms with van der Waals surface area (Å²) in [7, 11) is 4.54. The summed E-state index contributed by atoms with van der Waals surface area (Å²) in [5.74, 6) is 1.15. The fourth-order valence-corrected chi connectivity index (χ4v) is 2.69. The van der Waals surface area contributed by atoms with Crippen LogP contribution in [0.15, 0.2) is 35.2 Å². The van der Waals surface area contributed by atoms with Crippen molar-refractivity contribution >= 4 is 23.2 Å². The summed E-state index contributed by atoms with van der Waals surface area (Å²) in [6.07, 6.45) is 1.49. The summed E-state index contributed by atoms with van der Waals surface area (Å²) < 4.78 is 15.8. The number of ketones is 1. The fraction of sp³-hybridized carbons (Fsp3) is 0.176. The van der Waals surface area contributed by atoms with Gasteiger partial charge in [-0.3, -0.25) is 4.79 Å². The number of Topliss-reactive ketones (excluding diaryl/α,β-unsaturated/α-hetero) is 1. The van der Waals surface area contributed by atoms with Crippen LogP contribution < -0.4 is 14.2 Å². The number of carbonyl (C=O) groups excluding carboxylic acids is 1. The van der Waals surface area contributed by atoms with Gasteiger partial charge >= 0.3 is 0 Å². The molecule has 0 N–H and O–H groups in total. The molecule has 5 nitrogen and oxygen atoms in total. The maximum Gasteiger partial charge on any atom is 0.213 e. The van der Waals surface area contributed by atoms with E-state index in [-0.39, 0.29) is 11.4 Å². The number of nitriles is 1. The van der Waals surface area contributed by atoms with Crippen LogP contribution in [0.5, 0.6) is 17.2 Å². The summed E-state index contributed by atoms with van der Waals surface area (Å²) in [5, 5.41) is 11.1. The maximum atomic E-state index is 12.3. The van der Waals surface area contributed by atoms with Gasteiger partial charge < -0.3 is 14.2 Å². The second-order valence-electron chi connectivity index (χ2n) is 4.43. The maximum absolute atomic E-state index is 12.3. The highest BCUT2D eigenvalue weighted by molar-refractivity contribution is 7.12. The van der Waals surface area contributed by atoms with Crippen molar-refractivity contribution in [3.8, 4) is 23.3 Å². The van der Waals surface area contributed by atoms with Crippen molar-refractivity contribution < 1.29 is 19.0 Å². The summed E-state index contributed by atoms with van der Waals surface area (Å²) in [5.41, 5.74) is 0.588. The number of allylic oxidation sites excluding steroid dienone is 1. The summed E-state index contributed by atoms with van der Waals surface area (Å²) in [6.45, 7) is 0. The normalized spacial score (nSPS) is 10.8. The first-order valence-electron chi connectivity index (χ1n) is 6.64. The predicted molar refractivity (Wildman–Crippen MR) is 88.3 cm³/mol. The van der Waals surface area contributed by atoms with Crippen LogP contribution in [-0.4, -0.2) is 27.1 Å². The van der Waals surface area contributed by atoms with E-state index in [2.05, 4.69) is 0 Å². The Hall–Kier alpha value is -2.78.